The van der Waals surface area contributed by atoms with E-state index >= 15 is 0 Å². The second-order valence-electron chi connectivity index (χ2n) is 5.19. The molecular formula is C16H22N2O2. The van der Waals surface area contributed by atoms with Crippen LogP contribution in [0.3, 0.4) is 0 Å². The number of rotatable bonds is 6. The number of hydrogen-bond donors (Lipinski definition) is 0. The maximum atomic E-state index is 5.73. The summed E-state index contributed by atoms with van der Waals surface area (Å²) in [7, 11) is 3.67. The minimum Gasteiger partial charge on any atom is -0.497 e. The van der Waals surface area contributed by atoms with Crippen molar-refractivity contribution in [1.82, 2.24) is 9.55 Å². The fourth-order valence-electron chi connectivity index (χ4n) is 1.92. The molecule has 0 aliphatic carbocycles. The van der Waals surface area contributed by atoms with Crippen LogP contribution in [-0.2, 0) is 25.0 Å². The van der Waals surface area contributed by atoms with Gasteiger partial charge in [0.05, 0.1) is 19.4 Å². The Balaban J connectivity index is 1.89. The zero-order chi connectivity index (χ0) is 14.5. The minimum absolute atomic E-state index is 0.441. The maximum Gasteiger partial charge on any atom is 0.134 e. The lowest BCUT2D eigenvalue weighted by Crippen LogP contribution is -2.01. The second-order valence-corrected chi connectivity index (χ2v) is 5.19. The molecule has 1 heterocycles. The minimum atomic E-state index is 0.441. The van der Waals surface area contributed by atoms with E-state index in [1.165, 1.54) is 0 Å². The molecule has 0 fully saturated rings. The van der Waals surface area contributed by atoms with Gasteiger partial charge >= 0.3 is 0 Å². The lowest BCUT2D eigenvalue weighted by molar-refractivity contribution is 0.0999. The molecule has 0 N–H and O–H groups in total. The molecule has 0 aliphatic heterocycles. The molecular weight excluding hydrogens is 252 g/mol. The Hall–Kier alpha value is -1.81. The molecule has 0 aliphatic rings. The molecule has 2 aromatic rings. The molecule has 0 saturated heterocycles. The van der Waals surface area contributed by atoms with Crippen molar-refractivity contribution in [2.24, 2.45) is 7.05 Å². The van der Waals surface area contributed by atoms with Crippen molar-refractivity contribution in [2.45, 2.75) is 33.0 Å². The van der Waals surface area contributed by atoms with Crippen LogP contribution in [0.1, 0.15) is 36.8 Å². The molecule has 0 bridgehead atoms. The largest absolute Gasteiger partial charge is 0.497 e. The van der Waals surface area contributed by atoms with Crippen LogP contribution >= 0.6 is 0 Å². The predicted molar refractivity (Wildman–Crippen MR) is 78.8 cm³/mol. The SMILES string of the molecule is COc1ccc(COCc2nc(C(C)C)cn2C)cc1. The molecule has 4 nitrogen and oxygen atoms in total. The van der Waals surface area contributed by atoms with Gasteiger partial charge in [-0.1, -0.05) is 26.0 Å². The van der Waals surface area contributed by atoms with Crippen LogP contribution in [0.5, 0.6) is 5.75 Å². The van der Waals surface area contributed by atoms with Crippen LogP contribution in [-0.4, -0.2) is 16.7 Å². The van der Waals surface area contributed by atoms with E-state index in [0.29, 0.717) is 19.1 Å². The van der Waals surface area contributed by atoms with Gasteiger partial charge in [-0.05, 0) is 23.6 Å². The van der Waals surface area contributed by atoms with Gasteiger partial charge in [-0.3, -0.25) is 0 Å². The molecule has 0 atom stereocenters. The summed E-state index contributed by atoms with van der Waals surface area (Å²) in [6.45, 7) is 5.39. The first-order valence-electron chi connectivity index (χ1n) is 6.83. The summed E-state index contributed by atoms with van der Waals surface area (Å²) in [5.41, 5.74) is 2.24. The molecule has 0 unspecified atom stereocenters. The molecule has 0 amide bonds. The van der Waals surface area contributed by atoms with Gasteiger partial charge in [-0.15, -0.1) is 0 Å². The number of ether oxygens (including phenoxy) is 2. The molecule has 0 spiro atoms. The van der Waals surface area contributed by atoms with Gasteiger partial charge in [-0.2, -0.15) is 0 Å². The Morgan fingerprint density at radius 3 is 2.40 bits per heavy atom. The Bertz CT molecular complexity index is 544. The molecule has 1 aromatic heterocycles. The molecule has 1 aromatic carbocycles. The van der Waals surface area contributed by atoms with Gasteiger partial charge in [0.15, 0.2) is 0 Å². The van der Waals surface area contributed by atoms with Gasteiger partial charge in [0.1, 0.15) is 18.2 Å². The highest BCUT2D eigenvalue weighted by atomic mass is 16.5. The number of aromatic nitrogens is 2. The van der Waals surface area contributed by atoms with E-state index in [1.807, 2.05) is 35.9 Å². The number of nitrogens with zero attached hydrogens (tertiary/aromatic N) is 2. The fourth-order valence-corrected chi connectivity index (χ4v) is 1.92. The summed E-state index contributed by atoms with van der Waals surface area (Å²) in [5, 5.41) is 0. The van der Waals surface area contributed by atoms with Crippen molar-refractivity contribution in [2.75, 3.05) is 7.11 Å². The first kappa shape index (κ1) is 14.6. The van der Waals surface area contributed by atoms with E-state index in [1.54, 1.807) is 7.11 Å². The van der Waals surface area contributed by atoms with Crippen molar-refractivity contribution < 1.29 is 9.47 Å². The molecule has 20 heavy (non-hydrogen) atoms. The second kappa shape index (κ2) is 6.57. The zero-order valence-corrected chi connectivity index (χ0v) is 12.6. The van der Waals surface area contributed by atoms with E-state index in [4.69, 9.17) is 9.47 Å². The summed E-state index contributed by atoms with van der Waals surface area (Å²) < 4.78 is 12.9. The number of imidazole rings is 1. The Labute approximate surface area is 120 Å². The number of hydrogen-bond acceptors (Lipinski definition) is 3. The van der Waals surface area contributed by atoms with Crippen LogP contribution in [0.2, 0.25) is 0 Å². The lowest BCUT2D eigenvalue weighted by Gasteiger charge is -2.05. The fraction of sp³-hybridized carbons (Fsp3) is 0.438. The number of aryl methyl sites for hydroxylation is 1. The molecule has 0 radical (unpaired) electrons. The van der Waals surface area contributed by atoms with Crippen LogP contribution in [0.4, 0.5) is 0 Å². The third-order valence-corrected chi connectivity index (χ3v) is 3.24. The van der Waals surface area contributed by atoms with Crippen LogP contribution in [0.25, 0.3) is 0 Å². The Morgan fingerprint density at radius 1 is 1.15 bits per heavy atom. The van der Waals surface area contributed by atoms with Crippen LogP contribution < -0.4 is 4.74 Å². The Morgan fingerprint density at radius 2 is 1.85 bits per heavy atom. The first-order chi connectivity index (χ1) is 9.60. The summed E-state index contributed by atoms with van der Waals surface area (Å²) in [4.78, 5) is 4.59. The summed E-state index contributed by atoms with van der Waals surface area (Å²) in [6, 6.07) is 7.90. The Kier molecular flexibility index (Phi) is 4.79. The van der Waals surface area contributed by atoms with Crippen molar-refractivity contribution >= 4 is 0 Å². The van der Waals surface area contributed by atoms with E-state index in [-0.39, 0.29) is 0 Å². The molecule has 108 valence electrons. The highest BCUT2D eigenvalue weighted by Gasteiger charge is 2.08. The molecule has 4 heteroatoms. The molecule has 2 rings (SSSR count). The zero-order valence-electron chi connectivity index (χ0n) is 12.6. The van der Waals surface area contributed by atoms with Gasteiger partial charge in [0.2, 0.25) is 0 Å². The van der Waals surface area contributed by atoms with Crippen molar-refractivity contribution in [3.05, 3.63) is 47.5 Å². The van der Waals surface area contributed by atoms with Crippen LogP contribution in [0.15, 0.2) is 30.5 Å². The average molecular weight is 274 g/mol. The maximum absolute atomic E-state index is 5.73. The first-order valence-corrected chi connectivity index (χ1v) is 6.83. The molecule has 0 saturated carbocycles. The standard InChI is InChI=1S/C16H22N2O2/c1-12(2)15-9-18(3)16(17-15)11-20-10-13-5-7-14(19-4)8-6-13/h5-9,12H,10-11H2,1-4H3. The monoisotopic (exact) mass is 274 g/mol. The summed E-state index contributed by atoms with van der Waals surface area (Å²) in [6.07, 6.45) is 2.07. The topological polar surface area (TPSA) is 36.3 Å². The number of benzene rings is 1. The smallest absolute Gasteiger partial charge is 0.134 e. The van der Waals surface area contributed by atoms with Crippen molar-refractivity contribution in [3.63, 3.8) is 0 Å². The van der Waals surface area contributed by atoms with Gasteiger partial charge in [0.25, 0.3) is 0 Å². The normalized spacial score (nSPS) is 11.1. The van der Waals surface area contributed by atoms with Gasteiger partial charge < -0.3 is 14.0 Å². The predicted octanol–water partition coefficient (Wildman–Crippen LogP) is 3.27. The quantitative estimate of drug-likeness (QED) is 0.811. The summed E-state index contributed by atoms with van der Waals surface area (Å²) in [5.74, 6) is 2.26. The van der Waals surface area contributed by atoms with Crippen molar-refractivity contribution in [1.29, 1.82) is 0 Å². The average Bonchev–Trinajstić information content (AvgIpc) is 2.81. The van der Waals surface area contributed by atoms with E-state index < -0.39 is 0 Å². The highest BCUT2D eigenvalue weighted by molar-refractivity contribution is 5.26. The van der Waals surface area contributed by atoms with Crippen molar-refractivity contribution in [3.8, 4) is 5.75 Å². The van der Waals surface area contributed by atoms with E-state index in [0.717, 1.165) is 22.8 Å². The van der Waals surface area contributed by atoms with E-state index in [9.17, 15) is 0 Å². The van der Waals surface area contributed by atoms with Gasteiger partial charge in [-0.25, -0.2) is 4.98 Å². The summed E-state index contributed by atoms with van der Waals surface area (Å²) >= 11 is 0. The van der Waals surface area contributed by atoms with Gasteiger partial charge in [0, 0.05) is 13.2 Å². The third-order valence-electron chi connectivity index (χ3n) is 3.24. The number of methoxy groups -OCH3 is 1. The highest BCUT2D eigenvalue weighted by Crippen LogP contribution is 2.15. The van der Waals surface area contributed by atoms with Crippen LogP contribution in [0, 0.1) is 0 Å². The lowest BCUT2D eigenvalue weighted by atomic mass is 10.2. The third kappa shape index (κ3) is 3.61. The van der Waals surface area contributed by atoms with E-state index in [2.05, 4.69) is 25.0 Å².